The zero-order valence-corrected chi connectivity index (χ0v) is 10.2. The number of hydrogen-bond acceptors (Lipinski definition) is 3. The van der Waals surface area contributed by atoms with Gasteiger partial charge < -0.3 is 5.43 Å². The molecule has 1 rings (SSSR count). The minimum atomic E-state index is -3.23. The lowest BCUT2D eigenvalue weighted by atomic mass is 10.1. The Morgan fingerprint density at radius 2 is 1.53 bits per heavy atom. The van der Waals surface area contributed by atoms with E-state index < -0.39 is 10.0 Å². The van der Waals surface area contributed by atoms with E-state index in [1.165, 1.54) is 0 Å². The van der Waals surface area contributed by atoms with Gasteiger partial charge in [-0.1, -0.05) is 17.7 Å². The van der Waals surface area contributed by atoms with Gasteiger partial charge in [0.2, 0.25) is 10.0 Å². The second kappa shape index (κ2) is 4.20. The Kier molecular flexibility index (Phi) is 3.36. The Balaban J connectivity index is 2.96. The van der Waals surface area contributed by atoms with Crippen molar-refractivity contribution in [1.82, 2.24) is 4.83 Å². The van der Waals surface area contributed by atoms with Crippen LogP contribution in [-0.2, 0) is 10.0 Å². The first kappa shape index (κ1) is 12.0. The maximum absolute atomic E-state index is 10.9. The minimum absolute atomic E-state index is 0.811. The highest BCUT2D eigenvalue weighted by Crippen LogP contribution is 2.20. The maximum atomic E-state index is 10.9. The lowest BCUT2D eigenvalue weighted by Crippen LogP contribution is -2.28. The number of nitrogens with one attached hydrogen (secondary N) is 2. The van der Waals surface area contributed by atoms with E-state index in [2.05, 4.69) is 10.3 Å². The summed E-state index contributed by atoms with van der Waals surface area (Å²) >= 11 is 0. The zero-order chi connectivity index (χ0) is 11.6. The molecule has 84 valence electrons. The van der Waals surface area contributed by atoms with Gasteiger partial charge in [-0.05, 0) is 31.9 Å². The maximum Gasteiger partial charge on any atom is 0.225 e. The summed E-state index contributed by atoms with van der Waals surface area (Å²) in [6, 6.07) is 4.00. The molecule has 0 aliphatic heterocycles. The first-order valence-corrected chi connectivity index (χ1v) is 6.49. The highest BCUT2D eigenvalue weighted by molar-refractivity contribution is 7.88. The van der Waals surface area contributed by atoms with Gasteiger partial charge in [-0.2, -0.15) is 0 Å². The number of hydrazine groups is 1. The largest absolute Gasteiger partial charge is 0.308 e. The summed E-state index contributed by atoms with van der Waals surface area (Å²) in [7, 11) is -3.23. The van der Waals surface area contributed by atoms with Gasteiger partial charge in [-0.25, -0.2) is 8.42 Å². The summed E-state index contributed by atoms with van der Waals surface area (Å²) in [5.74, 6) is 0. The fraction of sp³-hybridized carbons (Fsp3) is 0.400. The van der Waals surface area contributed by atoms with Gasteiger partial charge in [0, 0.05) is 0 Å². The molecule has 0 aliphatic carbocycles. The van der Waals surface area contributed by atoms with Crippen LogP contribution in [0.1, 0.15) is 16.7 Å². The predicted molar refractivity (Wildman–Crippen MR) is 62.3 cm³/mol. The van der Waals surface area contributed by atoms with Crippen LogP contribution in [0.5, 0.6) is 0 Å². The molecule has 0 radical (unpaired) electrons. The van der Waals surface area contributed by atoms with E-state index in [0.29, 0.717) is 0 Å². The molecular weight excluding hydrogens is 212 g/mol. The Bertz CT molecular complexity index is 443. The Labute approximate surface area is 90.7 Å². The van der Waals surface area contributed by atoms with Crippen molar-refractivity contribution < 1.29 is 8.42 Å². The number of anilines is 1. The van der Waals surface area contributed by atoms with Crippen LogP contribution in [0.2, 0.25) is 0 Å². The van der Waals surface area contributed by atoms with E-state index >= 15 is 0 Å². The zero-order valence-electron chi connectivity index (χ0n) is 9.38. The first-order valence-electron chi connectivity index (χ1n) is 4.60. The predicted octanol–water partition coefficient (Wildman–Crippen LogP) is 1.49. The smallest absolute Gasteiger partial charge is 0.225 e. The molecule has 0 aliphatic rings. The third-order valence-corrected chi connectivity index (χ3v) is 2.51. The van der Waals surface area contributed by atoms with E-state index in [4.69, 9.17) is 0 Å². The van der Waals surface area contributed by atoms with Crippen LogP contribution in [0.3, 0.4) is 0 Å². The molecule has 2 N–H and O–H groups in total. The van der Waals surface area contributed by atoms with Gasteiger partial charge in [-0.15, -0.1) is 4.83 Å². The average molecular weight is 228 g/mol. The van der Waals surface area contributed by atoms with Crippen molar-refractivity contribution in [3.8, 4) is 0 Å². The molecular formula is C10H16N2O2S. The summed E-state index contributed by atoms with van der Waals surface area (Å²) in [5, 5.41) is 0. The standard InChI is InChI=1S/C10H16N2O2S/c1-7-5-8(2)10(9(3)6-7)11-12-15(4,13)14/h5-6,11-12H,1-4H3. The quantitative estimate of drug-likeness (QED) is 0.771. The van der Waals surface area contributed by atoms with E-state index in [1.54, 1.807) is 0 Å². The number of rotatable bonds is 3. The topological polar surface area (TPSA) is 58.2 Å². The molecule has 0 saturated heterocycles. The van der Waals surface area contributed by atoms with Gasteiger partial charge >= 0.3 is 0 Å². The Hall–Kier alpha value is -1.07. The molecule has 0 aromatic heterocycles. The van der Waals surface area contributed by atoms with Gasteiger partial charge in [0.05, 0.1) is 11.9 Å². The third-order valence-electron chi connectivity index (χ3n) is 2.04. The summed E-state index contributed by atoms with van der Waals surface area (Å²) in [4.78, 5) is 2.26. The van der Waals surface area contributed by atoms with Crippen LogP contribution in [0.15, 0.2) is 12.1 Å². The summed E-state index contributed by atoms with van der Waals surface area (Å²) in [6.45, 7) is 5.88. The molecule has 15 heavy (non-hydrogen) atoms. The van der Waals surface area contributed by atoms with Crippen molar-refractivity contribution >= 4 is 15.7 Å². The number of benzene rings is 1. The third kappa shape index (κ3) is 3.53. The van der Waals surface area contributed by atoms with Gasteiger partial charge in [0.15, 0.2) is 0 Å². The minimum Gasteiger partial charge on any atom is -0.308 e. The van der Waals surface area contributed by atoms with Crippen LogP contribution in [0, 0.1) is 20.8 Å². The monoisotopic (exact) mass is 228 g/mol. The fourth-order valence-electron chi connectivity index (χ4n) is 1.52. The Morgan fingerprint density at radius 3 is 1.93 bits per heavy atom. The van der Waals surface area contributed by atoms with Crippen molar-refractivity contribution in [1.29, 1.82) is 0 Å². The molecule has 0 saturated carbocycles. The molecule has 4 nitrogen and oxygen atoms in total. The van der Waals surface area contributed by atoms with Crippen molar-refractivity contribution in [3.05, 3.63) is 28.8 Å². The van der Waals surface area contributed by atoms with E-state index in [-0.39, 0.29) is 0 Å². The van der Waals surface area contributed by atoms with Crippen LogP contribution < -0.4 is 10.3 Å². The van der Waals surface area contributed by atoms with Crippen molar-refractivity contribution in [2.75, 3.05) is 11.7 Å². The van der Waals surface area contributed by atoms with Crippen LogP contribution in [0.25, 0.3) is 0 Å². The second-order valence-corrected chi connectivity index (χ2v) is 5.52. The molecule has 1 aromatic rings. The number of aryl methyl sites for hydroxylation is 3. The van der Waals surface area contributed by atoms with Gasteiger partial charge in [0.1, 0.15) is 0 Å². The average Bonchev–Trinajstić information content (AvgIpc) is 1.99. The van der Waals surface area contributed by atoms with Crippen molar-refractivity contribution in [3.63, 3.8) is 0 Å². The first-order chi connectivity index (χ1) is 6.79. The molecule has 0 heterocycles. The highest BCUT2D eigenvalue weighted by atomic mass is 32.2. The Morgan fingerprint density at radius 1 is 1.07 bits per heavy atom. The van der Waals surface area contributed by atoms with Gasteiger partial charge in [0.25, 0.3) is 0 Å². The van der Waals surface area contributed by atoms with Crippen LogP contribution in [-0.4, -0.2) is 14.7 Å². The summed E-state index contributed by atoms with van der Waals surface area (Å²) in [6.07, 6.45) is 1.11. The van der Waals surface area contributed by atoms with E-state index in [0.717, 1.165) is 28.6 Å². The molecule has 1 aromatic carbocycles. The summed E-state index contributed by atoms with van der Waals surface area (Å²) in [5.41, 5.74) is 6.72. The lowest BCUT2D eigenvalue weighted by Gasteiger charge is -2.13. The number of hydrogen-bond donors (Lipinski definition) is 2. The van der Waals surface area contributed by atoms with Crippen molar-refractivity contribution in [2.45, 2.75) is 20.8 Å². The van der Waals surface area contributed by atoms with E-state index in [1.807, 2.05) is 32.9 Å². The van der Waals surface area contributed by atoms with E-state index in [9.17, 15) is 8.42 Å². The molecule has 0 fully saturated rings. The fourth-order valence-corrected chi connectivity index (χ4v) is 1.81. The molecule has 0 bridgehead atoms. The number of sulfonamides is 1. The molecule has 0 spiro atoms. The molecule has 0 unspecified atom stereocenters. The van der Waals surface area contributed by atoms with Gasteiger partial charge in [-0.3, -0.25) is 0 Å². The SMILES string of the molecule is Cc1cc(C)c(NNS(C)(=O)=O)c(C)c1. The van der Waals surface area contributed by atoms with Crippen LogP contribution in [0.4, 0.5) is 5.69 Å². The summed E-state index contributed by atoms with van der Waals surface area (Å²) < 4.78 is 21.8. The lowest BCUT2D eigenvalue weighted by molar-refractivity contribution is 0.594. The second-order valence-electron chi connectivity index (χ2n) is 3.77. The molecule has 5 heteroatoms. The normalized spacial score (nSPS) is 11.5. The molecule has 0 atom stereocenters. The molecule has 0 amide bonds. The highest BCUT2D eigenvalue weighted by Gasteiger charge is 2.05. The van der Waals surface area contributed by atoms with Crippen molar-refractivity contribution in [2.24, 2.45) is 0 Å². The van der Waals surface area contributed by atoms with Crippen LogP contribution >= 0.6 is 0 Å².